The number of alkyl halides is 2. The molecule has 4 aliphatic heterocycles. The van der Waals surface area contributed by atoms with Crippen LogP contribution in [-0.4, -0.2) is 54.8 Å². The van der Waals surface area contributed by atoms with Crippen LogP contribution in [0.25, 0.3) is 0 Å². The van der Waals surface area contributed by atoms with E-state index in [0.717, 1.165) is 18.9 Å². The molecule has 4 aliphatic rings. The van der Waals surface area contributed by atoms with Crippen LogP contribution in [0, 0.1) is 0 Å². The van der Waals surface area contributed by atoms with Gasteiger partial charge in [-0.05, 0) is 24.6 Å². The Morgan fingerprint density at radius 1 is 1.21 bits per heavy atom. The highest BCUT2D eigenvalue weighted by molar-refractivity contribution is 5.95. The topological polar surface area (TPSA) is 80.9 Å². The minimum Gasteiger partial charge on any atom is -0.378 e. The zero-order chi connectivity index (χ0) is 23.7. The van der Waals surface area contributed by atoms with Gasteiger partial charge in [0.1, 0.15) is 17.7 Å². The van der Waals surface area contributed by atoms with Gasteiger partial charge in [0.25, 0.3) is 12.3 Å². The third kappa shape index (κ3) is 4.38. The Morgan fingerprint density at radius 3 is 2.79 bits per heavy atom. The second-order valence-electron chi connectivity index (χ2n) is 8.48. The lowest BCUT2D eigenvalue weighted by Crippen LogP contribution is -2.51. The third-order valence-electron chi connectivity index (χ3n) is 6.29. The van der Waals surface area contributed by atoms with Crippen LogP contribution >= 0.6 is 0 Å². The van der Waals surface area contributed by atoms with Crippen LogP contribution in [0.15, 0.2) is 71.5 Å². The van der Waals surface area contributed by atoms with E-state index in [1.54, 1.807) is 23.2 Å². The van der Waals surface area contributed by atoms with Gasteiger partial charge in [-0.3, -0.25) is 9.80 Å². The summed E-state index contributed by atoms with van der Waals surface area (Å²) in [5.41, 5.74) is 5.54. The Morgan fingerprint density at radius 2 is 2.00 bits per heavy atom. The number of hydrogen-bond donors (Lipinski definition) is 4. The number of halogens is 2. The van der Waals surface area contributed by atoms with Crippen molar-refractivity contribution in [2.75, 3.05) is 32.8 Å². The van der Waals surface area contributed by atoms with Crippen molar-refractivity contribution < 1.29 is 18.3 Å². The largest absolute Gasteiger partial charge is 0.378 e. The van der Waals surface area contributed by atoms with Gasteiger partial charge in [0.2, 0.25) is 0 Å². The Hall–Kier alpha value is -3.37. The van der Waals surface area contributed by atoms with Crippen molar-refractivity contribution in [3.05, 3.63) is 82.6 Å². The number of morpholine rings is 1. The zero-order valence-electron chi connectivity index (χ0n) is 18.9. The van der Waals surface area contributed by atoms with Crippen LogP contribution < -0.4 is 21.4 Å². The molecular formula is C24H28F2N6O2. The molecule has 1 amide bonds. The molecule has 1 saturated heterocycles. The summed E-state index contributed by atoms with van der Waals surface area (Å²) in [6.07, 6.45) is 4.71. The maximum Gasteiger partial charge on any atom is 0.275 e. The summed E-state index contributed by atoms with van der Waals surface area (Å²) in [6.45, 7) is 5.37. The fourth-order valence-electron chi connectivity index (χ4n) is 4.62. The number of dihydropyridines is 1. The number of ether oxygens (including phenoxy) is 1. The van der Waals surface area contributed by atoms with Gasteiger partial charge in [-0.15, -0.1) is 0 Å². The van der Waals surface area contributed by atoms with Crippen molar-refractivity contribution in [2.45, 2.75) is 25.6 Å². The molecule has 1 aromatic carbocycles. The molecule has 5 rings (SSSR count). The van der Waals surface area contributed by atoms with Gasteiger partial charge in [0, 0.05) is 42.7 Å². The number of carbonyl (C=O) groups is 1. The van der Waals surface area contributed by atoms with Crippen molar-refractivity contribution >= 4 is 5.91 Å². The van der Waals surface area contributed by atoms with E-state index < -0.39 is 12.5 Å². The quantitative estimate of drug-likeness (QED) is 0.490. The number of carbonyl (C=O) groups excluding carboxylic acids is 1. The Kier molecular flexibility index (Phi) is 6.25. The van der Waals surface area contributed by atoms with Crippen LogP contribution in [-0.2, 0) is 9.53 Å². The molecule has 2 unspecified atom stereocenters. The smallest absolute Gasteiger partial charge is 0.275 e. The van der Waals surface area contributed by atoms with Gasteiger partial charge in [-0.25, -0.2) is 14.2 Å². The lowest BCUT2D eigenvalue weighted by molar-refractivity contribution is -0.118. The number of hydrogen-bond acceptors (Lipinski definition) is 7. The average Bonchev–Trinajstić information content (AvgIpc) is 3.19. The summed E-state index contributed by atoms with van der Waals surface area (Å²) in [7, 11) is 0. The predicted molar refractivity (Wildman–Crippen MR) is 123 cm³/mol. The number of fused-ring (bicyclic) bond motifs is 1. The molecule has 0 aliphatic carbocycles. The van der Waals surface area contributed by atoms with Crippen LogP contribution in [0.4, 0.5) is 8.78 Å². The highest BCUT2D eigenvalue weighted by Crippen LogP contribution is 2.32. The molecule has 4 N–H and O–H groups in total. The molecule has 34 heavy (non-hydrogen) atoms. The lowest BCUT2D eigenvalue weighted by Gasteiger charge is -2.35. The second kappa shape index (κ2) is 9.47. The third-order valence-corrected chi connectivity index (χ3v) is 6.29. The molecular weight excluding hydrogens is 442 g/mol. The first-order valence-corrected chi connectivity index (χ1v) is 11.4. The normalized spacial score (nSPS) is 24.4. The van der Waals surface area contributed by atoms with Gasteiger partial charge in [-0.2, -0.15) is 0 Å². The summed E-state index contributed by atoms with van der Waals surface area (Å²) in [5.74, 6) is 0.679. The number of hydrazine groups is 1. The monoisotopic (exact) mass is 470 g/mol. The molecule has 1 aromatic rings. The minimum atomic E-state index is -2.58. The highest BCUT2D eigenvalue weighted by Gasteiger charge is 2.37. The van der Waals surface area contributed by atoms with Crippen molar-refractivity contribution in [3.8, 4) is 0 Å². The molecule has 0 saturated carbocycles. The van der Waals surface area contributed by atoms with E-state index in [4.69, 9.17) is 4.74 Å². The van der Waals surface area contributed by atoms with Crippen LogP contribution in [0.1, 0.15) is 30.5 Å². The van der Waals surface area contributed by atoms with E-state index in [9.17, 15) is 13.6 Å². The molecule has 0 bridgehead atoms. The highest BCUT2D eigenvalue weighted by atomic mass is 19.3. The summed E-state index contributed by atoms with van der Waals surface area (Å²) in [6, 6.07) is 5.97. The number of nitrogens with zero attached hydrogens (tertiary/aromatic N) is 2. The number of amides is 1. The van der Waals surface area contributed by atoms with E-state index in [-0.39, 0.29) is 17.6 Å². The molecule has 8 nitrogen and oxygen atoms in total. The van der Waals surface area contributed by atoms with E-state index in [0.29, 0.717) is 42.4 Å². The van der Waals surface area contributed by atoms with Crippen molar-refractivity contribution in [1.82, 2.24) is 31.3 Å². The molecule has 180 valence electrons. The second-order valence-corrected chi connectivity index (χ2v) is 8.48. The molecule has 1 fully saturated rings. The Bertz CT molecular complexity index is 1080. The van der Waals surface area contributed by atoms with Crippen molar-refractivity contribution in [1.29, 1.82) is 0 Å². The first kappa shape index (κ1) is 22.4. The fraction of sp³-hybridized carbons (Fsp3) is 0.375. The number of benzene rings is 1. The van der Waals surface area contributed by atoms with E-state index in [1.165, 1.54) is 6.07 Å². The minimum absolute atomic E-state index is 0.0254. The van der Waals surface area contributed by atoms with E-state index >= 15 is 0 Å². The van der Waals surface area contributed by atoms with E-state index in [1.807, 2.05) is 31.2 Å². The van der Waals surface area contributed by atoms with Gasteiger partial charge in [0.15, 0.2) is 0 Å². The average molecular weight is 471 g/mol. The fourth-order valence-corrected chi connectivity index (χ4v) is 4.62. The molecule has 4 heterocycles. The van der Waals surface area contributed by atoms with E-state index in [2.05, 4.69) is 26.3 Å². The van der Waals surface area contributed by atoms with Crippen LogP contribution in [0.5, 0.6) is 0 Å². The van der Waals surface area contributed by atoms with Crippen LogP contribution in [0.3, 0.4) is 0 Å². The molecule has 0 aromatic heterocycles. The first-order valence-electron chi connectivity index (χ1n) is 11.4. The Labute approximate surface area is 197 Å². The summed E-state index contributed by atoms with van der Waals surface area (Å²) < 4.78 is 32.6. The molecule has 2 atom stereocenters. The number of nitrogens with one attached hydrogen (secondary N) is 4. The van der Waals surface area contributed by atoms with Crippen molar-refractivity contribution in [2.24, 2.45) is 0 Å². The standard InChI is InChI=1S/C24H28F2N6O2/c1-15-22(24(33)29-16-8-9-27-21(14-16)31-10-12-34-13-11-31)32-20(28-15)7-6-19(30-32)17-4-2-3-5-18(17)23(25)26/h2-8,14,19-20,23,27-28,30H,9-13H2,1H3,(H,29,33). The summed E-state index contributed by atoms with van der Waals surface area (Å²) in [5, 5.41) is 11.3. The van der Waals surface area contributed by atoms with Gasteiger partial charge in [-0.1, -0.05) is 30.3 Å². The summed E-state index contributed by atoms with van der Waals surface area (Å²) in [4.78, 5) is 15.5. The lowest BCUT2D eigenvalue weighted by atomic mass is 9.99. The van der Waals surface area contributed by atoms with Gasteiger partial charge in [0.05, 0.1) is 19.3 Å². The molecule has 0 spiro atoms. The first-order chi connectivity index (χ1) is 16.5. The van der Waals surface area contributed by atoms with Crippen molar-refractivity contribution in [3.63, 3.8) is 0 Å². The van der Waals surface area contributed by atoms with Crippen LogP contribution in [0.2, 0.25) is 0 Å². The predicted octanol–water partition coefficient (Wildman–Crippen LogP) is 1.98. The molecule has 10 heteroatoms. The van der Waals surface area contributed by atoms with Gasteiger partial charge < -0.3 is 25.6 Å². The maximum absolute atomic E-state index is 13.6. The number of rotatable bonds is 5. The zero-order valence-corrected chi connectivity index (χ0v) is 18.9. The van der Waals surface area contributed by atoms with Gasteiger partial charge >= 0.3 is 0 Å². The Balaban J connectivity index is 1.32. The summed E-state index contributed by atoms with van der Waals surface area (Å²) >= 11 is 0. The maximum atomic E-state index is 13.6. The SMILES string of the molecule is CC1=C(C(=O)NC2=CCNC(N3CCOCC3)=C2)N2NC(c3ccccc3C(F)F)C=CC2N1. The molecule has 0 radical (unpaired) electrons. The number of allylic oxidation sites excluding steroid dienone is 2.